The van der Waals surface area contributed by atoms with E-state index >= 15 is 0 Å². The van der Waals surface area contributed by atoms with Crippen LogP contribution in [-0.4, -0.2) is 53.9 Å². The van der Waals surface area contributed by atoms with E-state index < -0.39 is 0 Å². The molecule has 1 aliphatic rings. The molecule has 1 aromatic carbocycles. The first-order valence-corrected chi connectivity index (χ1v) is 10.6. The standard InChI is InChI=1S/C20H29N3O5S/c1-4-25-16-11-14(12-17(26-5-2)18(16)27-6-3)19-21-23(20(29)28-19)13-22-9-7-15(24)8-10-22/h11-12,15,24H,4-10,13H2,1-3H3/p+1. The van der Waals surface area contributed by atoms with Crippen molar-refractivity contribution in [1.29, 1.82) is 0 Å². The van der Waals surface area contributed by atoms with Gasteiger partial charge in [0.15, 0.2) is 18.2 Å². The summed E-state index contributed by atoms with van der Waals surface area (Å²) in [5.41, 5.74) is 0.717. The van der Waals surface area contributed by atoms with Gasteiger partial charge in [0.1, 0.15) is 0 Å². The van der Waals surface area contributed by atoms with Crippen molar-refractivity contribution in [3.63, 3.8) is 0 Å². The molecule has 2 aromatic rings. The average Bonchev–Trinajstić information content (AvgIpc) is 3.07. The van der Waals surface area contributed by atoms with Gasteiger partial charge >= 0.3 is 0 Å². The van der Waals surface area contributed by atoms with Crippen molar-refractivity contribution in [1.82, 2.24) is 9.78 Å². The van der Waals surface area contributed by atoms with Crippen LogP contribution in [0.2, 0.25) is 0 Å². The largest absolute Gasteiger partial charge is 0.490 e. The van der Waals surface area contributed by atoms with Crippen LogP contribution in [0.25, 0.3) is 11.5 Å². The molecule has 2 heterocycles. The first-order chi connectivity index (χ1) is 14.0. The summed E-state index contributed by atoms with van der Waals surface area (Å²) in [7, 11) is 0. The highest BCUT2D eigenvalue weighted by Gasteiger charge is 2.23. The Morgan fingerprint density at radius 2 is 1.69 bits per heavy atom. The smallest absolute Gasteiger partial charge is 0.292 e. The predicted molar refractivity (Wildman–Crippen MR) is 110 cm³/mol. The average molecular weight is 425 g/mol. The Morgan fingerprint density at radius 3 is 2.24 bits per heavy atom. The number of likely N-dealkylation sites (tertiary alicyclic amines) is 1. The molecule has 3 rings (SSSR count). The predicted octanol–water partition coefficient (Wildman–Crippen LogP) is 2.07. The second-order valence-electron chi connectivity index (χ2n) is 6.91. The highest BCUT2D eigenvalue weighted by atomic mass is 32.1. The summed E-state index contributed by atoms with van der Waals surface area (Å²) in [6.07, 6.45) is 1.39. The number of ether oxygens (including phenoxy) is 3. The van der Waals surface area contributed by atoms with Crippen molar-refractivity contribution in [2.24, 2.45) is 0 Å². The topological polar surface area (TPSA) is 83.3 Å². The zero-order valence-corrected chi connectivity index (χ0v) is 18.1. The first-order valence-electron chi connectivity index (χ1n) is 10.2. The van der Waals surface area contributed by atoms with E-state index in [-0.39, 0.29) is 6.10 Å². The molecule has 0 spiro atoms. The van der Waals surface area contributed by atoms with Crippen molar-refractivity contribution in [3.05, 3.63) is 17.0 Å². The number of piperidine rings is 1. The number of hydrogen-bond acceptors (Lipinski definition) is 7. The number of aliphatic hydroxyl groups excluding tert-OH is 1. The van der Waals surface area contributed by atoms with E-state index in [2.05, 4.69) is 5.10 Å². The van der Waals surface area contributed by atoms with E-state index in [4.69, 9.17) is 30.8 Å². The molecule has 0 aliphatic carbocycles. The second kappa shape index (κ2) is 10.1. The fourth-order valence-electron chi connectivity index (χ4n) is 3.42. The van der Waals surface area contributed by atoms with E-state index in [1.807, 2.05) is 32.9 Å². The highest BCUT2D eigenvalue weighted by Crippen LogP contribution is 2.41. The Morgan fingerprint density at radius 1 is 1.10 bits per heavy atom. The number of aromatic nitrogens is 2. The van der Waals surface area contributed by atoms with Crippen LogP contribution in [0.15, 0.2) is 16.5 Å². The number of aliphatic hydroxyl groups is 1. The number of benzene rings is 1. The number of nitrogens with zero attached hydrogens (tertiary/aromatic N) is 2. The lowest BCUT2D eigenvalue weighted by Crippen LogP contribution is -3.12. The van der Waals surface area contributed by atoms with Crippen LogP contribution in [-0.2, 0) is 6.67 Å². The van der Waals surface area contributed by atoms with E-state index in [1.54, 1.807) is 4.68 Å². The van der Waals surface area contributed by atoms with Crippen LogP contribution in [0.1, 0.15) is 33.6 Å². The van der Waals surface area contributed by atoms with E-state index in [0.717, 1.165) is 25.9 Å². The Bertz CT molecular complexity index is 831. The molecule has 0 saturated carbocycles. The molecule has 9 heteroatoms. The van der Waals surface area contributed by atoms with E-state index in [9.17, 15) is 5.11 Å². The van der Waals surface area contributed by atoms with Gasteiger partial charge in [-0.2, -0.15) is 4.68 Å². The third-order valence-electron chi connectivity index (χ3n) is 4.80. The Hall–Kier alpha value is -2.10. The Balaban J connectivity index is 1.90. The van der Waals surface area contributed by atoms with Crippen molar-refractivity contribution in [3.8, 4) is 28.7 Å². The lowest BCUT2D eigenvalue weighted by molar-refractivity contribution is -0.929. The maximum atomic E-state index is 9.69. The summed E-state index contributed by atoms with van der Waals surface area (Å²) in [6.45, 7) is 9.64. The van der Waals surface area contributed by atoms with Gasteiger partial charge in [0, 0.05) is 18.4 Å². The summed E-state index contributed by atoms with van der Waals surface area (Å²) in [5, 5.41) is 14.3. The summed E-state index contributed by atoms with van der Waals surface area (Å²) >= 11 is 5.38. The molecule has 0 amide bonds. The number of quaternary nitrogens is 1. The van der Waals surface area contributed by atoms with Gasteiger partial charge < -0.3 is 28.6 Å². The van der Waals surface area contributed by atoms with Crippen LogP contribution in [0, 0.1) is 4.84 Å². The monoisotopic (exact) mass is 424 g/mol. The lowest BCUT2D eigenvalue weighted by Gasteiger charge is -2.25. The van der Waals surface area contributed by atoms with Crippen molar-refractivity contribution in [2.75, 3.05) is 32.9 Å². The second-order valence-corrected chi connectivity index (χ2v) is 7.26. The summed E-state index contributed by atoms with van der Waals surface area (Å²) < 4.78 is 24.8. The molecule has 160 valence electrons. The number of nitrogens with one attached hydrogen (secondary N) is 1. The molecular weight excluding hydrogens is 394 g/mol. The number of hydrogen-bond donors (Lipinski definition) is 2. The van der Waals surface area contributed by atoms with Gasteiger partial charge in [0.2, 0.25) is 11.6 Å². The molecule has 1 aliphatic heterocycles. The van der Waals surface area contributed by atoms with Crippen molar-refractivity contribution >= 4 is 12.2 Å². The normalized spacial score (nSPS) is 19.2. The van der Waals surface area contributed by atoms with Gasteiger partial charge in [-0.25, -0.2) is 0 Å². The lowest BCUT2D eigenvalue weighted by atomic mass is 10.1. The third kappa shape index (κ3) is 5.29. The SMILES string of the molecule is CCOc1cc(-c2nn(C[NH+]3CCC(O)CC3)c(=S)o2)cc(OCC)c1OCC. The molecule has 1 fully saturated rings. The maximum Gasteiger partial charge on any atom is 0.292 e. The quantitative estimate of drug-likeness (QED) is 0.596. The fourth-order valence-corrected chi connectivity index (χ4v) is 3.60. The Labute approximate surface area is 176 Å². The molecule has 0 unspecified atom stereocenters. The van der Waals surface area contributed by atoms with E-state index in [0.29, 0.717) is 60.0 Å². The maximum absolute atomic E-state index is 9.69. The molecule has 0 bridgehead atoms. The van der Waals surface area contributed by atoms with Crippen molar-refractivity contribution in [2.45, 2.75) is 46.4 Å². The molecule has 0 radical (unpaired) electrons. The molecule has 8 nitrogen and oxygen atoms in total. The van der Waals surface area contributed by atoms with Gasteiger partial charge in [0.25, 0.3) is 4.84 Å². The van der Waals surface area contributed by atoms with E-state index in [1.165, 1.54) is 4.90 Å². The molecule has 0 atom stereocenters. The molecule has 29 heavy (non-hydrogen) atoms. The van der Waals surface area contributed by atoms with Gasteiger partial charge in [-0.3, -0.25) is 0 Å². The zero-order valence-electron chi connectivity index (χ0n) is 17.3. The number of rotatable bonds is 9. The van der Waals surface area contributed by atoms with Crippen molar-refractivity contribution < 1.29 is 28.6 Å². The fraction of sp³-hybridized carbons (Fsp3) is 0.600. The highest BCUT2D eigenvalue weighted by molar-refractivity contribution is 7.71. The Kier molecular flexibility index (Phi) is 7.51. The van der Waals surface area contributed by atoms with Crippen LogP contribution in [0.4, 0.5) is 0 Å². The summed E-state index contributed by atoms with van der Waals surface area (Å²) in [6, 6.07) is 3.68. The van der Waals surface area contributed by atoms with Gasteiger partial charge in [-0.05, 0) is 45.1 Å². The van der Waals surface area contributed by atoms with Gasteiger partial charge in [-0.15, -0.1) is 5.10 Å². The minimum Gasteiger partial charge on any atom is -0.490 e. The summed E-state index contributed by atoms with van der Waals surface area (Å²) in [4.78, 5) is 1.64. The van der Waals surface area contributed by atoms with Gasteiger partial charge in [-0.1, -0.05) is 0 Å². The minimum atomic E-state index is -0.197. The summed E-state index contributed by atoms with van der Waals surface area (Å²) in [5.74, 6) is 2.16. The molecule has 1 saturated heterocycles. The van der Waals surface area contributed by atoms with Crippen LogP contribution in [0.3, 0.4) is 0 Å². The van der Waals surface area contributed by atoms with Gasteiger partial charge in [0.05, 0.1) is 39.0 Å². The van der Waals surface area contributed by atoms with Crippen LogP contribution < -0.4 is 19.1 Å². The first kappa shape index (κ1) is 21.6. The molecular formula is C20H30N3O5S+. The third-order valence-corrected chi connectivity index (χ3v) is 5.09. The van der Waals surface area contributed by atoms with Crippen LogP contribution in [0.5, 0.6) is 17.2 Å². The van der Waals surface area contributed by atoms with Crippen LogP contribution >= 0.6 is 12.2 Å². The molecule has 1 aromatic heterocycles. The minimum absolute atomic E-state index is 0.197. The zero-order chi connectivity index (χ0) is 20.8. The molecule has 2 N–H and O–H groups in total.